The van der Waals surface area contributed by atoms with Crippen molar-refractivity contribution in [1.82, 2.24) is 10.3 Å². The van der Waals surface area contributed by atoms with Gasteiger partial charge in [-0.1, -0.05) is 24.3 Å². The summed E-state index contributed by atoms with van der Waals surface area (Å²) in [5.41, 5.74) is 1.55. The van der Waals surface area contributed by atoms with Gasteiger partial charge in [-0.15, -0.1) is 0 Å². The zero-order chi connectivity index (χ0) is 16.7. The van der Waals surface area contributed by atoms with Crippen LogP contribution in [0.5, 0.6) is 0 Å². The van der Waals surface area contributed by atoms with Gasteiger partial charge in [-0.2, -0.15) is 0 Å². The number of nitrogens with one attached hydrogen (secondary N) is 1. The first-order chi connectivity index (χ1) is 11.1. The molecule has 1 unspecified atom stereocenters. The van der Waals surface area contributed by atoms with Crippen molar-refractivity contribution in [3.63, 3.8) is 0 Å². The number of amides is 1. The summed E-state index contributed by atoms with van der Waals surface area (Å²) in [5, 5.41) is 3.64. The highest BCUT2D eigenvalue weighted by atomic mass is 16.5. The quantitative estimate of drug-likeness (QED) is 0.783. The van der Waals surface area contributed by atoms with E-state index >= 15 is 0 Å². The molecule has 122 valence electrons. The average Bonchev–Trinajstić information content (AvgIpc) is 2.53. The van der Waals surface area contributed by atoms with Crippen LogP contribution in [-0.4, -0.2) is 43.2 Å². The number of hydrogen-bond donors (Lipinski definition) is 1. The van der Waals surface area contributed by atoms with Crippen LogP contribution in [0.25, 0.3) is 10.9 Å². The summed E-state index contributed by atoms with van der Waals surface area (Å²) in [7, 11) is 1.56. The normalized spacial score (nSPS) is 11.9. The third-order valence-corrected chi connectivity index (χ3v) is 3.24. The van der Waals surface area contributed by atoms with Gasteiger partial charge < -0.3 is 14.8 Å². The Bertz CT molecular complexity index is 682. The molecule has 1 aromatic carbocycles. The van der Waals surface area contributed by atoms with E-state index in [-0.39, 0.29) is 25.0 Å². The molecule has 0 spiro atoms. The van der Waals surface area contributed by atoms with E-state index in [1.807, 2.05) is 37.3 Å². The highest BCUT2D eigenvalue weighted by Crippen LogP contribution is 2.16. The Hall–Kier alpha value is -2.47. The molecular formula is C17H20N2O4. The van der Waals surface area contributed by atoms with E-state index in [1.165, 1.54) is 0 Å². The van der Waals surface area contributed by atoms with E-state index < -0.39 is 5.97 Å². The predicted molar refractivity (Wildman–Crippen MR) is 85.9 cm³/mol. The number of rotatable bonds is 7. The van der Waals surface area contributed by atoms with Gasteiger partial charge in [0.25, 0.3) is 5.91 Å². The van der Waals surface area contributed by atoms with Gasteiger partial charge in [-0.3, -0.25) is 14.6 Å². The van der Waals surface area contributed by atoms with Crippen LogP contribution in [0, 0.1) is 0 Å². The first kappa shape index (κ1) is 16.9. The predicted octanol–water partition coefficient (Wildman–Crippen LogP) is 1.47. The fourth-order valence-corrected chi connectivity index (χ4v) is 2.27. The minimum absolute atomic E-state index is 0.0786. The van der Waals surface area contributed by atoms with Gasteiger partial charge in [0.1, 0.15) is 0 Å². The molecule has 2 rings (SSSR count). The monoisotopic (exact) mass is 316 g/mol. The van der Waals surface area contributed by atoms with Crippen molar-refractivity contribution in [2.45, 2.75) is 19.4 Å². The fourth-order valence-electron chi connectivity index (χ4n) is 2.27. The van der Waals surface area contributed by atoms with Gasteiger partial charge >= 0.3 is 5.97 Å². The number of esters is 1. The summed E-state index contributed by atoms with van der Waals surface area (Å²) in [6.45, 7) is 1.91. The number of carbonyl (C=O) groups is 2. The first-order valence-electron chi connectivity index (χ1n) is 7.36. The Morgan fingerprint density at radius 3 is 2.83 bits per heavy atom. The second kappa shape index (κ2) is 8.24. The van der Waals surface area contributed by atoms with Crippen LogP contribution in [0.4, 0.5) is 0 Å². The van der Waals surface area contributed by atoms with Crippen molar-refractivity contribution < 1.29 is 19.1 Å². The molecular weight excluding hydrogens is 296 g/mol. The summed E-state index contributed by atoms with van der Waals surface area (Å²) in [5.74, 6) is -0.809. The first-order valence-corrected chi connectivity index (χ1v) is 7.36. The Morgan fingerprint density at radius 1 is 1.26 bits per heavy atom. The molecule has 0 bridgehead atoms. The van der Waals surface area contributed by atoms with Gasteiger partial charge in [0, 0.05) is 24.7 Å². The number of hydrogen-bond acceptors (Lipinski definition) is 5. The van der Waals surface area contributed by atoms with E-state index in [0.29, 0.717) is 6.61 Å². The lowest BCUT2D eigenvalue weighted by molar-refractivity contribution is -0.148. The van der Waals surface area contributed by atoms with Crippen LogP contribution < -0.4 is 5.32 Å². The number of methoxy groups -OCH3 is 1. The maximum absolute atomic E-state index is 11.9. The van der Waals surface area contributed by atoms with E-state index in [1.54, 1.807) is 13.3 Å². The summed E-state index contributed by atoms with van der Waals surface area (Å²) < 4.78 is 9.94. The van der Waals surface area contributed by atoms with E-state index in [9.17, 15) is 9.59 Å². The van der Waals surface area contributed by atoms with Crippen LogP contribution in [0.2, 0.25) is 0 Å². The fraction of sp³-hybridized carbons (Fsp3) is 0.353. The van der Waals surface area contributed by atoms with Gasteiger partial charge in [0.05, 0.1) is 18.5 Å². The van der Waals surface area contributed by atoms with Crippen LogP contribution in [0.1, 0.15) is 12.5 Å². The molecule has 0 aliphatic rings. The molecule has 0 saturated carbocycles. The van der Waals surface area contributed by atoms with Crippen molar-refractivity contribution in [3.05, 3.63) is 42.1 Å². The standard InChI is InChI=1S/C17H20N2O4/c1-12(10-22-2)19-15(20)11-23-16(21)9-14-6-3-5-13-7-4-8-18-17(13)14/h3-8,12H,9-11H2,1-2H3,(H,19,20). The number of para-hydroxylation sites is 1. The summed E-state index contributed by atoms with van der Waals surface area (Å²) in [6, 6.07) is 9.27. The molecule has 0 radical (unpaired) electrons. The largest absolute Gasteiger partial charge is 0.455 e. The van der Waals surface area contributed by atoms with Crippen LogP contribution in [-0.2, 0) is 25.5 Å². The Kier molecular flexibility index (Phi) is 6.05. The van der Waals surface area contributed by atoms with Crippen molar-refractivity contribution >= 4 is 22.8 Å². The highest BCUT2D eigenvalue weighted by Gasteiger charge is 2.12. The molecule has 1 amide bonds. The average molecular weight is 316 g/mol. The number of fused-ring (bicyclic) bond motifs is 1. The minimum Gasteiger partial charge on any atom is -0.455 e. The molecule has 0 fully saturated rings. The van der Waals surface area contributed by atoms with Gasteiger partial charge in [-0.05, 0) is 18.6 Å². The topological polar surface area (TPSA) is 77.5 Å². The number of nitrogens with zero attached hydrogens (tertiary/aromatic N) is 1. The summed E-state index contributed by atoms with van der Waals surface area (Å²) >= 11 is 0. The van der Waals surface area contributed by atoms with Gasteiger partial charge in [-0.25, -0.2) is 0 Å². The molecule has 0 saturated heterocycles. The Balaban J connectivity index is 1.88. The lowest BCUT2D eigenvalue weighted by atomic mass is 10.1. The molecule has 1 N–H and O–H groups in total. The number of pyridine rings is 1. The molecule has 1 atom stereocenters. The molecule has 6 nitrogen and oxygen atoms in total. The van der Waals surface area contributed by atoms with E-state index in [2.05, 4.69) is 10.3 Å². The molecule has 2 aromatic rings. The van der Waals surface area contributed by atoms with Gasteiger partial charge in [0.2, 0.25) is 0 Å². The molecule has 1 aromatic heterocycles. The molecule has 23 heavy (non-hydrogen) atoms. The number of ether oxygens (including phenoxy) is 2. The molecule has 0 aliphatic carbocycles. The molecule has 6 heteroatoms. The van der Waals surface area contributed by atoms with Crippen LogP contribution in [0.3, 0.4) is 0 Å². The second-order valence-corrected chi connectivity index (χ2v) is 5.25. The highest BCUT2D eigenvalue weighted by molar-refractivity contribution is 5.86. The SMILES string of the molecule is COCC(C)NC(=O)COC(=O)Cc1cccc2cccnc12. The van der Waals surface area contributed by atoms with Crippen molar-refractivity contribution in [3.8, 4) is 0 Å². The number of benzene rings is 1. The molecule has 1 heterocycles. The minimum atomic E-state index is -0.460. The summed E-state index contributed by atoms with van der Waals surface area (Å²) in [4.78, 5) is 27.8. The van der Waals surface area contributed by atoms with Crippen molar-refractivity contribution in [2.24, 2.45) is 0 Å². The molecule has 0 aliphatic heterocycles. The maximum Gasteiger partial charge on any atom is 0.310 e. The van der Waals surface area contributed by atoms with E-state index in [0.717, 1.165) is 16.5 Å². The maximum atomic E-state index is 11.9. The number of carbonyl (C=O) groups excluding carboxylic acids is 2. The Morgan fingerprint density at radius 2 is 2.04 bits per heavy atom. The van der Waals surface area contributed by atoms with Crippen molar-refractivity contribution in [2.75, 3.05) is 20.3 Å². The van der Waals surface area contributed by atoms with Gasteiger partial charge in [0.15, 0.2) is 6.61 Å². The Labute approximate surface area is 134 Å². The third-order valence-electron chi connectivity index (χ3n) is 3.24. The lowest BCUT2D eigenvalue weighted by Gasteiger charge is -2.12. The third kappa shape index (κ3) is 5.03. The zero-order valence-electron chi connectivity index (χ0n) is 13.2. The second-order valence-electron chi connectivity index (χ2n) is 5.25. The lowest BCUT2D eigenvalue weighted by Crippen LogP contribution is -2.38. The zero-order valence-corrected chi connectivity index (χ0v) is 13.2. The number of aromatic nitrogens is 1. The van der Waals surface area contributed by atoms with Crippen LogP contribution >= 0.6 is 0 Å². The van der Waals surface area contributed by atoms with Crippen molar-refractivity contribution in [1.29, 1.82) is 0 Å². The van der Waals surface area contributed by atoms with Crippen LogP contribution in [0.15, 0.2) is 36.5 Å². The van der Waals surface area contributed by atoms with E-state index in [4.69, 9.17) is 9.47 Å². The smallest absolute Gasteiger partial charge is 0.310 e. The summed E-state index contributed by atoms with van der Waals surface area (Å²) in [6.07, 6.45) is 1.76.